The molecule has 1 aromatic rings. The lowest BCUT2D eigenvalue weighted by Gasteiger charge is -2.41. The lowest BCUT2D eigenvalue weighted by molar-refractivity contribution is -0.160. The Morgan fingerprint density at radius 3 is 2.52 bits per heavy atom. The molecule has 1 aliphatic heterocycles. The smallest absolute Gasteiger partial charge is 0.326 e. The standard InChI is InChI=1S/C16H21NO4/c1-16(15(19)21-3)10-13(18)8-9-17(16)11-12-4-6-14(20-2)7-5-12/h4-7H,8-11H2,1-3H3. The van der Waals surface area contributed by atoms with E-state index in [4.69, 9.17) is 9.47 Å². The molecule has 114 valence electrons. The van der Waals surface area contributed by atoms with Crippen LogP contribution in [0.5, 0.6) is 5.75 Å². The maximum absolute atomic E-state index is 12.1. The van der Waals surface area contributed by atoms with Gasteiger partial charge < -0.3 is 9.47 Å². The van der Waals surface area contributed by atoms with Gasteiger partial charge in [-0.3, -0.25) is 14.5 Å². The van der Waals surface area contributed by atoms with Crippen LogP contribution in [0.4, 0.5) is 0 Å². The van der Waals surface area contributed by atoms with Gasteiger partial charge in [0.1, 0.15) is 17.1 Å². The van der Waals surface area contributed by atoms with Gasteiger partial charge in [0.05, 0.1) is 14.2 Å². The van der Waals surface area contributed by atoms with E-state index in [1.165, 1.54) is 7.11 Å². The summed E-state index contributed by atoms with van der Waals surface area (Å²) in [6, 6.07) is 7.71. The third kappa shape index (κ3) is 3.24. The quantitative estimate of drug-likeness (QED) is 0.792. The van der Waals surface area contributed by atoms with Crippen LogP contribution in [0.3, 0.4) is 0 Å². The van der Waals surface area contributed by atoms with E-state index < -0.39 is 5.54 Å². The Labute approximate surface area is 124 Å². The van der Waals surface area contributed by atoms with Gasteiger partial charge in [0.2, 0.25) is 0 Å². The van der Waals surface area contributed by atoms with Gasteiger partial charge in [-0.15, -0.1) is 0 Å². The summed E-state index contributed by atoms with van der Waals surface area (Å²) >= 11 is 0. The fourth-order valence-corrected chi connectivity index (χ4v) is 2.72. The number of piperidine rings is 1. The summed E-state index contributed by atoms with van der Waals surface area (Å²) in [5.74, 6) is 0.543. The summed E-state index contributed by atoms with van der Waals surface area (Å²) in [5.41, 5.74) is 0.185. The highest BCUT2D eigenvalue weighted by atomic mass is 16.5. The third-order valence-electron chi connectivity index (χ3n) is 4.06. The SMILES string of the molecule is COC(=O)C1(C)CC(=O)CCN1Cc1ccc(OC)cc1. The molecule has 2 rings (SSSR count). The molecule has 21 heavy (non-hydrogen) atoms. The zero-order valence-electron chi connectivity index (χ0n) is 12.7. The van der Waals surface area contributed by atoms with Crippen molar-refractivity contribution in [3.8, 4) is 5.75 Å². The molecule has 1 aromatic carbocycles. The summed E-state index contributed by atoms with van der Waals surface area (Å²) < 4.78 is 10.0. The molecule has 0 amide bonds. The number of Topliss-reactive ketones (excluding diaryl/α,β-unsaturated/α-hetero) is 1. The molecule has 5 heteroatoms. The number of carbonyl (C=O) groups excluding carboxylic acids is 2. The van der Waals surface area contributed by atoms with Gasteiger partial charge in [0.15, 0.2) is 0 Å². The number of rotatable bonds is 4. The Morgan fingerprint density at radius 1 is 1.29 bits per heavy atom. The molecule has 0 aliphatic carbocycles. The van der Waals surface area contributed by atoms with Crippen molar-refractivity contribution in [2.24, 2.45) is 0 Å². The second-order valence-electron chi connectivity index (χ2n) is 5.50. The number of carbonyl (C=O) groups is 2. The molecule has 1 aliphatic rings. The van der Waals surface area contributed by atoms with Crippen LogP contribution in [0, 0.1) is 0 Å². The fourth-order valence-electron chi connectivity index (χ4n) is 2.72. The zero-order chi connectivity index (χ0) is 15.5. The average Bonchev–Trinajstić information content (AvgIpc) is 2.50. The number of nitrogens with zero attached hydrogens (tertiary/aromatic N) is 1. The summed E-state index contributed by atoms with van der Waals surface area (Å²) in [4.78, 5) is 25.8. The van der Waals surface area contributed by atoms with Gasteiger partial charge >= 0.3 is 5.97 Å². The van der Waals surface area contributed by atoms with Crippen molar-refractivity contribution in [3.05, 3.63) is 29.8 Å². The minimum atomic E-state index is -0.885. The number of benzene rings is 1. The predicted octanol–water partition coefficient (Wildman–Crippen LogP) is 1.79. The van der Waals surface area contributed by atoms with Crippen molar-refractivity contribution in [1.29, 1.82) is 0 Å². The highest BCUT2D eigenvalue weighted by Crippen LogP contribution is 2.29. The average molecular weight is 291 g/mol. The zero-order valence-corrected chi connectivity index (χ0v) is 12.7. The van der Waals surface area contributed by atoms with E-state index in [1.54, 1.807) is 14.0 Å². The Bertz CT molecular complexity index is 526. The Balaban J connectivity index is 2.18. The summed E-state index contributed by atoms with van der Waals surface area (Å²) in [6.07, 6.45) is 0.679. The van der Waals surface area contributed by atoms with E-state index in [-0.39, 0.29) is 18.2 Å². The number of likely N-dealkylation sites (tertiary alicyclic amines) is 1. The summed E-state index contributed by atoms with van der Waals surface area (Å²) in [6.45, 7) is 2.94. The molecule has 1 saturated heterocycles. The van der Waals surface area contributed by atoms with E-state index >= 15 is 0 Å². The van der Waals surface area contributed by atoms with Crippen molar-refractivity contribution in [1.82, 2.24) is 4.90 Å². The van der Waals surface area contributed by atoms with Crippen molar-refractivity contribution in [2.75, 3.05) is 20.8 Å². The van der Waals surface area contributed by atoms with Gasteiger partial charge in [0.25, 0.3) is 0 Å². The summed E-state index contributed by atoms with van der Waals surface area (Å²) in [5, 5.41) is 0. The van der Waals surface area contributed by atoms with E-state index in [2.05, 4.69) is 0 Å². The first-order valence-corrected chi connectivity index (χ1v) is 6.97. The first-order chi connectivity index (χ1) is 9.99. The number of ether oxygens (including phenoxy) is 2. The second-order valence-corrected chi connectivity index (χ2v) is 5.50. The Hall–Kier alpha value is -1.88. The highest BCUT2D eigenvalue weighted by Gasteiger charge is 2.45. The molecule has 5 nitrogen and oxygen atoms in total. The number of hydrogen-bond acceptors (Lipinski definition) is 5. The minimum absolute atomic E-state index is 0.105. The van der Waals surface area contributed by atoms with Crippen LogP contribution in [-0.4, -0.2) is 43.0 Å². The van der Waals surface area contributed by atoms with Crippen LogP contribution in [0.25, 0.3) is 0 Å². The topological polar surface area (TPSA) is 55.8 Å². The van der Waals surface area contributed by atoms with Crippen LogP contribution in [0.1, 0.15) is 25.3 Å². The van der Waals surface area contributed by atoms with Gasteiger partial charge in [-0.1, -0.05) is 12.1 Å². The van der Waals surface area contributed by atoms with E-state index in [1.807, 2.05) is 29.2 Å². The van der Waals surface area contributed by atoms with E-state index in [0.29, 0.717) is 19.5 Å². The molecular weight excluding hydrogens is 270 g/mol. The van der Waals surface area contributed by atoms with Crippen LogP contribution in [0.15, 0.2) is 24.3 Å². The lowest BCUT2D eigenvalue weighted by atomic mass is 9.87. The monoisotopic (exact) mass is 291 g/mol. The maximum atomic E-state index is 12.1. The van der Waals surface area contributed by atoms with Crippen molar-refractivity contribution >= 4 is 11.8 Å². The molecule has 1 heterocycles. The van der Waals surface area contributed by atoms with Gasteiger partial charge in [-0.2, -0.15) is 0 Å². The first-order valence-electron chi connectivity index (χ1n) is 6.97. The van der Waals surface area contributed by atoms with E-state index in [9.17, 15) is 9.59 Å². The van der Waals surface area contributed by atoms with Crippen molar-refractivity contribution in [3.63, 3.8) is 0 Å². The van der Waals surface area contributed by atoms with Crippen LogP contribution in [-0.2, 0) is 20.9 Å². The van der Waals surface area contributed by atoms with Gasteiger partial charge in [0, 0.05) is 25.9 Å². The third-order valence-corrected chi connectivity index (χ3v) is 4.06. The molecule has 1 unspecified atom stereocenters. The van der Waals surface area contributed by atoms with Crippen LogP contribution in [0.2, 0.25) is 0 Å². The second kappa shape index (κ2) is 6.26. The predicted molar refractivity (Wildman–Crippen MR) is 78.1 cm³/mol. The van der Waals surface area contributed by atoms with Crippen LogP contribution < -0.4 is 4.74 Å². The largest absolute Gasteiger partial charge is 0.497 e. The molecule has 0 radical (unpaired) electrons. The molecule has 1 atom stereocenters. The fraction of sp³-hybridized carbons (Fsp3) is 0.500. The highest BCUT2D eigenvalue weighted by molar-refractivity contribution is 5.90. The molecule has 0 spiro atoms. The van der Waals surface area contributed by atoms with Crippen molar-refractivity contribution in [2.45, 2.75) is 31.8 Å². The molecule has 0 bridgehead atoms. The molecule has 1 fully saturated rings. The number of esters is 1. The van der Waals surface area contributed by atoms with Gasteiger partial charge in [-0.25, -0.2) is 0 Å². The molecule has 0 aromatic heterocycles. The Morgan fingerprint density at radius 2 is 1.95 bits per heavy atom. The Kier molecular flexibility index (Phi) is 4.63. The molecule has 0 N–H and O–H groups in total. The number of ketones is 1. The molecule has 0 saturated carbocycles. The normalized spacial score (nSPS) is 22.9. The van der Waals surface area contributed by atoms with Crippen LogP contribution >= 0.6 is 0 Å². The molecular formula is C16H21NO4. The van der Waals surface area contributed by atoms with Crippen molar-refractivity contribution < 1.29 is 19.1 Å². The van der Waals surface area contributed by atoms with E-state index in [0.717, 1.165) is 11.3 Å². The number of hydrogen-bond donors (Lipinski definition) is 0. The lowest BCUT2D eigenvalue weighted by Crippen LogP contribution is -2.57. The maximum Gasteiger partial charge on any atom is 0.326 e. The summed E-state index contributed by atoms with van der Waals surface area (Å²) in [7, 11) is 2.98. The number of methoxy groups -OCH3 is 2. The first kappa shape index (κ1) is 15.5. The minimum Gasteiger partial charge on any atom is -0.497 e. The van der Waals surface area contributed by atoms with Gasteiger partial charge in [-0.05, 0) is 24.6 Å².